The lowest BCUT2D eigenvalue weighted by Gasteiger charge is -2.13. The molecule has 0 saturated carbocycles. The van der Waals surface area contributed by atoms with E-state index in [9.17, 15) is 22.4 Å². The van der Waals surface area contributed by atoms with E-state index in [1.54, 1.807) is 6.07 Å². The molecule has 0 spiro atoms. The van der Waals surface area contributed by atoms with E-state index >= 15 is 4.39 Å². The summed E-state index contributed by atoms with van der Waals surface area (Å²) in [5.41, 5.74) is -1.92. The molecule has 1 N–H and O–H groups in total. The average Bonchev–Trinajstić information content (AvgIpc) is 3.19. The van der Waals surface area contributed by atoms with E-state index in [2.05, 4.69) is 20.9 Å². The second-order valence-electron chi connectivity index (χ2n) is 8.15. The highest BCUT2D eigenvalue weighted by Crippen LogP contribution is 2.32. The van der Waals surface area contributed by atoms with Gasteiger partial charge in [-0.25, -0.2) is 22.2 Å². The number of carbonyl (C=O) groups excluding carboxylic acids is 2. The van der Waals surface area contributed by atoms with Gasteiger partial charge in [0.15, 0.2) is 5.82 Å². The first-order valence-corrected chi connectivity index (χ1v) is 13.6. The summed E-state index contributed by atoms with van der Waals surface area (Å²) in [6.07, 6.45) is 2.45. The van der Waals surface area contributed by atoms with Crippen LogP contribution in [0, 0.1) is 11.6 Å². The van der Waals surface area contributed by atoms with Crippen molar-refractivity contribution in [3.05, 3.63) is 91.6 Å². The van der Waals surface area contributed by atoms with Gasteiger partial charge >= 0.3 is 0 Å². The largest absolute Gasteiger partial charge is 0.288 e. The Bertz CT molecular complexity index is 1690. The van der Waals surface area contributed by atoms with Crippen molar-refractivity contribution in [2.75, 3.05) is 4.72 Å². The summed E-state index contributed by atoms with van der Waals surface area (Å²) in [6, 6.07) is 7.57. The number of halogens is 5. The minimum atomic E-state index is -3.99. The summed E-state index contributed by atoms with van der Waals surface area (Å²) in [5.74, 6) is -4.49. The standard InChI is InChI=1S/C24H16BrCl2F2N3O4S/c1-11(2)37(35,36)31-18-7-6-17(28)20(21(18)29)22(33)14-10-32(23-13(14)8-12(25)9-30-23)24(34)19-15(26)4-3-5-16(19)27/h3-11,31H,1-2H3. The predicted molar refractivity (Wildman–Crippen MR) is 141 cm³/mol. The number of nitrogens with one attached hydrogen (secondary N) is 1. The zero-order chi connectivity index (χ0) is 27.2. The molecule has 7 nitrogen and oxygen atoms in total. The molecule has 0 atom stereocenters. The van der Waals surface area contributed by atoms with Crippen molar-refractivity contribution in [1.82, 2.24) is 9.55 Å². The van der Waals surface area contributed by atoms with Gasteiger partial charge in [0, 0.05) is 22.3 Å². The Balaban J connectivity index is 1.91. The Hall–Kier alpha value is -2.86. The Labute approximate surface area is 228 Å². The number of hydrogen-bond acceptors (Lipinski definition) is 5. The van der Waals surface area contributed by atoms with E-state index in [0.29, 0.717) is 4.47 Å². The fourth-order valence-electron chi connectivity index (χ4n) is 3.49. The van der Waals surface area contributed by atoms with E-state index in [1.807, 2.05) is 4.72 Å². The van der Waals surface area contributed by atoms with Crippen molar-refractivity contribution < 1.29 is 26.8 Å². The maximum atomic E-state index is 15.4. The summed E-state index contributed by atoms with van der Waals surface area (Å²) in [4.78, 5) is 31.1. The number of pyridine rings is 1. The van der Waals surface area contributed by atoms with Gasteiger partial charge in [0.2, 0.25) is 15.8 Å². The first-order chi connectivity index (χ1) is 17.3. The number of carbonyl (C=O) groups is 2. The van der Waals surface area contributed by atoms with Crippen LogP contribution in [0.15, 0.2) is 53.3 Å². The van der Waals surface area contributed by atoms with Crippen LogP contribution >= 0.6 is 39.1 Å². The van der Waals surface area contributed by atoms with Crippen LogP contribution in [-0.2, 0) is 10.0 Å². The Morgan fingerprint density at radius 3 is 2.35 bits per heavy atom. The Morgan fingerprint density at radius 1 is 1.08 bits per heavy atom. The van der Waals surface area contributed by atoms with Crippen molar-refractivity contribution in [3.8, 4) is 0 Å². The van der Waals surface area contributed by atoms with Crippen LogP contribution in [0.3, 0.4) is 0 Å². The van der Waals surface area contributed by atoms with Crippen LogP contribution in [0.5, 0.6) is 0 Å². The van der Waals surface area contributed by atoms with Crippen LogP contribution in [0.2, 0.25) is 10.0 Å². The van der Waals surface area contributed by atoms with Crippen molar-refractivity contribution in [1.29, 1.82) is 0 Å². The van der Waals surface area contributed by atoms with Gasteiger partial charge in [-0.1, -0.05) is 29.3 Å². The molecule has 2 aromatic carbocycles. The van der Waals surface area contributed by atoms with Crippen molar-refractivity contribution in [2.45, 2.75) is 19.1 Å². The van der Waals surface area contributed by atoms with Crippen LogP contribution in [0.1, 0.15) is 40.1 Å². The molecule has 0 aliphatic rings. The predicted octanol–water partition coefficient (Wildman–Crippen LogP) is 6.45. The highest BCUT2D eigenvalue weighted by Gasteiger charge is 2.29. The van der Waals surface area contributed by atoms with Crippen LogP contribution < -0.4 is 4.72 Å². The molecule has 0 bridgehead atoms. The zero-order valence-corrected chi connectivity index (χ0v) is 22.9. The van der Waals surface area contributed by atoms with Gasteiger partial charge in [0.25, 0.3) is 5.91 Å². The number of nitrogens with zero attached hydrogens (tertiary/aromatic N) is 2. The molecule has 0 aliphatic carbocycles. The lowest BCUT2D eigenvalue weighted by molar-refractivity contribution is 0.0964. The molecule has 2 aromatic heterocycles. The average molecular weight is 631 g/mol. The normalized spacial score (nSPS) is 11.8. The van der Waals surface area contributed by atoms with Crippen LogP contribution in [-0.4, -0.2) is 34.9 Å². The van der Waals surface area contributed by atoms with Gasteiger partial charge in [-0.2, -0.15) is 0 Å². The highest BCUT2D eigenvalue weighted by atomic mass is 79.9. The van der Waals surface area contributed by atoms with E-state index in [4.69, 9.17) is 23.2 Å². The van der Waals surface area contributed by atoms with Crippen LogP contribution in [0.4, 0.5) is 14.5 Å². The summed E-state index contributed by atoms with van der Waals surface area (Å²) in [6.45, 7) is 2.75. The first kappa shape index (κ1) is 27.2. The van der Waals surface area contributed by atoms with E-state index in [0.717, 1.165) is 22.9 Å². The molecule has 0 amide bonds. The van der Waals surface area contributed by atoms with Gasteiger partial charge in [0.05, 0.1) is 37.7 Å². The molecule has 0 radical (unpaired) electrons. The zero-order valence-electron chi connectivity index (χ0n) is 19.0. The third-order valence-corrected chi connectivity index (χ3v) is 8.25. The monoisotopic (exact) mass is 629 g/mol. The Morgan fingerprint density at radius 2 is 1.73 bits per heavy atom. The molecule has 4 rings (SSSR count). The molecule has 13 heteroatoms. The lowest BCUT2D eigenvalue weighted by Crippen LogP contribution is -2.23. The van der Waals surface area contributed by atoms with E-state index < -0.39 is 49.8 Å². The maximum absolute atomic E-state index is 15.4. The number of aromatic nitrogens is 2. The third-order valence-electron chi connectivity index (χ3n) is 5.44. The van der Waals surface area contributed by atoms with Gasteiger partial charge in [-0.15, -0.1) is 0 Å². The van der Waals surface area contributed by atoms with Crippen molar-refractivity contribution in [2.24, 2.45) is 0 Å². The fourth-order valence-corrected chi connectivity index (χ4v) is 5.08. The number of sulfonamides is 1. The first-order valence-electron chi connectivity index (χ1n) is 10.5. The van der Waals surface area contributed by atoms with Gasteiger partial charge in [0.1, 0.15) is 11.5 Å². The molecule has 0 aliphatic heterocycles. The second-order valence-corrected chi connectivity index (χ2v) is 12.1. The molecule has 0 fully saturated rings. The molecular formula is C24H16BrCl2F2N3O4S. The minimum Gasteiger partial charge on any atom is -0.288 e. The molecule has 192 valence electrons. The van der Waals surface area contributed by atoms with Gasteiger partial charge in [-0.05, 0) is 60.1 Å². The topological polar surface area (TPSA) is 98.1 Å². The minimum absolute atomic E-state index is 0.00465. The summed E-state index contributed by atoms with van der Waals surface area (Å²) >= 11 is 15.6. The molecule has 0 unspecified atom stereocenters. The molecule has 0 saturated heterocycles. The SMILES string of the molecule is CC(C)S(=O)(=O)Nc1ccc(F)c(C(=O)c2cn(C(=O)c3c(Cl)cccc3Cl)c3ncc(Br)cc23)c1F. The highest BCUT2D eigenvalue weighted by molar-refractivity contribution is 9.10. The fraction of sp³-hybridized carbons (Fsp3) is 0.125. The molecule has 37 heavy (non-hydrogen) atoms. The number of rotatable bonds is 6. The second kappa shape index (κ2) is 10.1. The van der Waals surface area contributed by atoms with Gasteiger partial charge in [-0.3, -0.25) is 18.9 Å². The molecule has 4 aromatic rings. The number of hydrogen-bond donors (Lipinski definition) is 1. The molecular weight excluding hydrogens is 615 g/mol. The number of fused-ring (bicyclic) bond motifs is 1. The summed E-state index contributed by atoms with van der Waals surface area (Å²) in [5, 5.41) is -0.721. The quantitative estimate of drug-likeness (QED) is 0.247. The van der Waals surface area contributed by atoms with Crippen LogP contribution in [0.25, 0.3) is 11.0 Å². The van der Waals surface area contributed by atoms with E-state index in [-0.39, 0.29) is 32.2 Å². The Kier molecular flexibility index (Phi) is 7.44. The van der Waals surface area contributed by atoms with Gasteiger partial charge < -0.3 is 0 Å². The summed E-state index contributed by atoms with van der Waals surface area (Å²) in [7, 11) is -3.99. The van der Waals surface area contributed by atoms with Crippen molar-refractivity contribution >= 4 is 77.6 Å². The number of ketones is 1. The smallest absolute Gasteiger partial charge is 0.266 e. The van der Waals surface area contributed by atoms with E-state index in [1.165, 1.54) is 38.2 Å². The number of anilines is 1. The third kappa shape index (κ3) is 5.00. The number of benzene rings is 2. The summed E-state index contributed by atoms with van der Waals surface area (Å²) < 4.78 is 58.1. The maximum Gasteiger partial charge on any atom is 0.266 e. The lowest BCUT2D eigenvalue weighted by atomic mass is 10.0. The molecule has 2 heterocycles. The van der Waals surface area contributed by atoms with Crippen molar-refractivity contribution in [3.63, 3.8) is 0 Å².